The molecule has 32 heteroatoms. The molecule has 5 aromatic carbocycles. The fraction of sp³-hybridized carbons (Fsp3) is 0.295. The molecule has 4 heterocycles. The van der Waals surface area contributed by atoms with Crippen LogP contribution in [0.2, 0.25) is 6.82 Å². The van der Waals surface area contributed by atoms with Crippen LogP contribution < -0.4 is 97.3 Å². The second-order valence-electron chi connectivity index (χ2n) is 20.5. The van der Waals surface area contributed by atoms with Crippen LogP contribution in [0.25, 0.3) is 21.8 Å². The Morgan fingerprint density at radius 1 is 0.634 bits per heavy atom. The molecule has 2 fully saturated rings. The number of ketones is 2. The number of carbonyl (C=O) groups excluding carboxylic acids is 6. The molecule has 93 heavy (non-hydrogen) atoms. The predicted octanol–water partition coefficient (Wildman–Crippen LogP) is 5.24. The zero-order chi connectivity index (χ0) is 67.0. The number of H-pyrrole nitrogens is 2. The number of carboxylic acid groups (broad SMARTS) is 1. The number of aromatic nitrogens is 2. The zero-order valence-corrected chi connectivity index (χ0v) is 62.3. The standard InChI is InChI=1S/C14H16BNO4.C10H10BrNO2.C9H8BrNO3.C9H6BrNO2.C6H13BO2.C6H6BrN.C4H5ClO2.CH2O3.2CH4.2Na.H2.H/c1-14(2)7-19-15(20-8-14)9-3-4-11-10(5-9)12(17)6-13(18)16-11;1-7(13)6-10(14)12-9-4-2-8(11)3-5-9;10-6-1-3-7(4-2-6)11-8(12)5-9(13)14;10-5-1-2-7-6(3-5)8(12)4-9(13)11-7;1-6(2)4-8-7(3)9-5-6;7-5-1-3-6(8)4-2-5;1-3(6)2-4(5)7;2-1-4-3;;;;;;/h3-6H,7-8H2,1-2H3,(H2,16,17,18);2-5H,6H2,1H3,(H,12,14);1-4H,5H2,(H,11,12)(H,13,14);1-4H,(H2,11,12,13);4-5H2,1-3H3;1-4H,8H2;2H2,1H3;1,3H;2*1H4;;;1H;/q;;;;;;;;;;2*+1;;-1/p-1/i;;;;;;;;;;;;1+1;. The van der Waals surface area contributed by atoms with Crippen molar-refractivity contribution >= 4 is 175 Å². The Morgan fingerprint density at radius 2 is 0.989 bits per heavy atom. The van der Waals surface area contributed by atoms with Gasteiger partial charge in [0.1, 0.15) is 29.5 Å². The largest absolute Gasteiger partial charge is 1.00 e. The van der Waals surface area contributed by atoms with Crippen LogP contribution in [0.5, 0.6) is 11.5 Å². The molecule has 7 aromatic rings. The van der Waals surface area contributed by atoms with Crippen LogP contribution in [-0.4, -0.2) is 107 Å². The summed E-state index contributed by atoms with van der Waals surface area (Å²) in [5, 5.41) is 41.8. The number of hydrogen-bond donors (Lipinski definition) is 8. The Hall–Kier alpha value is -5.05. The predicted molar refractivity (Wildman–Crippen MR) is 370 cm³/mol. The third kappa shape index (κ3) is 40.8. The van der Waals surface area contributed by atoms with Crippen LogP contribution in [0.15, 0.2) is 149 Å². The van der Waals surface area contributed by atoms with Crippen molar-refractivity contribution in [2.24, 2.45) is 10.8 Å². The fourth-order valence-electron chi connectivity index (χ4n) is 6.77. The monoisotopic (exact) mass is 1590 g/mol. The number of pyridine rings is 2. The van der Waals surface area contributed by atoms with E-state index in [1.807, 2.05) is 49.3 Å². The summed E-state index contributed by atoms with van der Waals surface area (Å²) < 4.78 is 25.7. The number of anilines is 3. The van der Waals surface area contributed by atoms with Gasteiger partial charge in [0.15, 0.2) is 0 Å². The number of benzene rings is 5. The minimum atomic E-state index is -1.14. The van der Waals surface area contributed by atoms with E-state index in [9.17, 15) is 48.6 Å². The average molecular weight is 1590 g/mol. The van der Waals surface area contributed by atoms with Gasteiger partial charge < -0.3 is 71.8 Å². The average Bonchev–Trinajstić information content (AvgIpc) is 0.813. The van der Waals surface area contributed by atoms with E-state index in [2.05, 4.69) is 117 Å². The maximum absolute atomic E-state index is 11.3. The molecule has 0 spiro atoms. The molecular formula is C61H76B2Br4ClN5Na2O18. The first-order chi connectivity index (χ1) is 41.7. The Balaban J connectivity index is -0.000000332. The second kappa shape index (κ2) is 47.8. The number of aromatic hydroxyl groups is 2. The molecule has 0 aliphatic carbocycles. The van der Waals surface area contributed by atoms with Crippen LogP contribution in [0.3, 0.4) is 0 Å². The van der Waals surface area contributed by atoms with Gasteiger partial charge in [-0.15, -0.1) is 0 Å². The minimum Gasteiger partial charge on any atom is -1.00 e. The van der Waals surface area contributed by atoms with Crippen molar-refractivity contribution in [2.75, 3.05) is 42.8 Å². The van der Waals surface area contributed by atoms with Crippen molar-refractivity contribution in [2.45, 2.75) is 82.5 Å². The van der Waals surface area contributed by atoms with E-state index in [0.29, 0.717) is 46.4 Å². The van der Waals surface area contributed by atoms with Gasteiger partial charge in [0.2, 0.25) is 17.1 Å². The quantitative estimate of drug-likeness (QED) is 0.0165. The fourth-order valence-corrected chi connectivity index (χ4v) is 8.11. The number of fused-ring (bicyclic) bond motifs is 2. The minimum absolute atomic E-state index is 0. The van der Waals surface area contributed by atoms with Gasteiger partial charge in [-0.25, -0.2) is 0 Å². The molecule has 2 amide bonds. The number of rotatable bonds is 10. The van der Waals surface area contributed by atoms with Gasteiger partial charge in [0, 0.05) is 96.5 Å². The number of amides is 2. The topological polar surface area (TPSA) is 365 Å². The van der Waals surface area contributed by atoms with Crippen LogP contribution in [0.1, 0.15) is 78.5 Å². The van der Waals surface area contributed by atoms with Gasteiger partial charge in [0.05, 0.1) is 23.9 Å². The summed E-state index contributed by atoms with van der Waals surface area (Å²) in [5.41, 5.74) is 9.14. The number of Topliss-reactive ketones (excluding diaryl/α,β-unsaturated/α-hetero) is 2. The van der Waals surface area contributed by atoms with E-state index in [-0.39, 0.29) is 154 Å². The molecule has 0 unspecified atom stereocenters. The van der Waals surface area contributed by atoms with Gasteiger partial charge in [-0.2, -0.15) is 0 Å². The molecule has 2 aliphatic rings. The number of hydrogen-bond acceptors (Lipinski definition) is 18. The summed E-state index contributed by atoms with van der Waals surface area (Å²) in [6.07, 6.45) is -0.742. The molecule has 2 aromatic heterocycles. The van der Waals surface area contributed by atoms with E-state index in [1.54, 1.807) is 66.7 Å². The number of carboxylic acids is 1. The molecule has 9 rings (SSSR count). The van der Waals surface area contributed by atoms with Crippen molar-refractivity contribution in [3.8, 4) is 11.5 Å². The maximum atomic E-state index is 11.3. The summed E-state index contributed by atoms with van der Waals surface area (Å²) in [4.78, 5) is 102. The molecule has 9 N–H and O–H groups in total. The number of aromatic amines is 2. The van der Waals surface area contributed by atoms with Crippen molar-refractivity contribution in [3.63, 3.8) is 0 Å². The van der Waals surface area contributed by atoms with Gasteiger partial charge in [-0.3, -0.25) is 43.2 Å². The van der Waals surface area contributed by atoms with Crippen molar-refractivity contribution in [1.82, 2.24) is 9.97 Å². The first-order valence-electron chi connectivity index (χ1n) is 26.3. The molecular weight excluding hydrogens is 1510 g/mol. The number of aliphatic carboxylic acids is 1. The van der Waals surface area contributed by atoms with Gasteiger partial charge in [-0.05, 0) is 141 Å². The first kappa shape index (κ1) is 92.1. The number of halogens is 5. The zero-order valence-electron chi connectivity index (χ0n) is 52.2. The normalized spacial score (nSPS) is 12.5. The van der Waals surface area contributed by atoms with Gasteiger partial charge >= 0.3 is 79.3 Å². The van der Waals surface area contributed by atoms with Crippen molar-refractivity contribution in [1.29, 1.82) is 0 Å². The van der Waals surface area contributed by atoms with E-state index in [0.717, 1.165) is 54.4 Å². The summed E-state index contributed by atoms with van der Waals surface area (Å²) in [5.74, 6) is -2.32. The molecule has 0 saturated carbocycles. The molecule has 2 aliphatic heterocycles. The summed E-state index contributed by atoms with van der Waals surface area (Å²) in [6, 6.07) is 34.6. The Morgan fingerprint density at radius 3 is 1.33 bits per heavy atom. The van der Waals surface area contributed by atoms with E-state index in [1.165, 1.54) is 13.8 Å². The molecule has 0 bridgehead atoms. The number of nitrogens with one attached hydrogen (secondary N) is 4. The summed E-state index contributed by atoms with van der Waals surface area (Å²) >= 11 is 17.9. The van der Waals surface area contributed by atoms with E-state index < -0.39 is 30.7 Å². The third-order valence-corrected chi connectivity index (χ3v) is 13.1. The third-order valence-electron chi connectivity index (χ3n) is 10.8. The second-order valence-corrected chi connectivity index (χ2v) is 24.6. The van der Waals surface area contributed by atoms with Crippen LogP contribution in [0.4, 0.5) is 17.1 Å². The number of nitrogens with two attached hydrogens (primary N) is 1. The number of nitrogen functional groups attached to an aromatic ring is 1. The van der Waals surface area contributed by atoms with Crippen LogP contribution in [0, 0.1) is 10.8 Å². The van der Waals surface area contributed by atoms with E-state index in [4.69, 9.17) is 51.1 Å². The summed E-state index contributed by atoms with van der Waals surface area (Å²) in [6.45, 7) is 15.8. The smallest absolute Gasteiger partial charge is 1.00 e. The first-order valence-corrected chi connectivity index (χ1v) is 29.8. The Labute approximate surface area is 626 Å². The van der Waals surface area contributed by atoms with Crippen molar-refractivity contribution in [3.05, 3.63) is 160 Å². The molecule has 23 nitrogen and oxygen atoms in total. The van der Waals surface area contributed by atoms with Crippen molar-refractivity contribution < 1.29 is 140 Å². The van der Waals surface area contributed by atoms with Crippen LogP contribution >= 0.6 is 75.3 Å². The van der Waals surface area contributed by atoms with E-state index >= 15 is 0 Å². The summed E-state index contributed by atoms with van der Waals surface area (Å²) in [7, 11) is -0.434. The Kier molecular flexibility index (Phi) is 47.3. The molecule has 496 valence electrons. The van der Waals surface area contributed by atoms with Crippen LogP contribution in [-0.2, 0) is 57.1 Å². The van der Waals surface area contributed by atoms with Gasteiger partial charge in [0.25, 0.3) is 17.6 Å². The van der Waals surface area contributed by atoms with Gasteiger partial charge in [-0.1, -0.05) is 112 Å². The molecule has 0 atom stereocenters. The SMILES string of the molecule is C.C.CB1OCC(C)(C)CO1.CC(=O)CC(=O)Cl.CC(=O)CC(=O)Nc1ccc(Br)cc1.CC1(C)COB(c2ccc3[nH]c(=O)cc(O)c3c2)OC1.Nc1ccc(Br)cc1.O=C(O)CC(=O)Nc1ccc(Br)cc1.O=CO[O-].O=c1cc(O)c2cc(Br)ccc2[nH]1.[2HH].[H-].[Na+].[Na+]. The number of carbonyl (C=O) groups is 7. The maximum Gasteiger partial charge on any atom is 1.00 e. The molecule has 2 saturated heterocycles. The molecule has 0 radical (unpaired) electrons. The Bertz CT molecular complexity index is 3490.